The Bertz CT molecular complexity index is 528. The highest BCUT2D eigenvalue weighted by atomic mass is 35.5. The lowest BCUT2D eigenvalue weighted by atomic mass is 10.1. The van der Waals surface area contributed by atoms with Crippen LogP contribution >= 0.6 is 23.2 Å². The molecule has 1 aliphatic rings. The SMILES string of the molecule is CONC(=CCC(=O)NC1CC1)c1ccc(Cl)c(Cl)c1. The summed E-state index contributed by atoms with van der Waals surface area (Å²) in [5.74, 6) is 0.00274. The summed E-state index contributed by atoms with van der Waals surface area (Å²) in [4.78, 5) is 16.6. The van der Waals surface area contributed by atoms with Gasteiger partial charge in [-0.1, -0.05) is 29.3 Å². The predicted octanol–water partition coefficient (Wildman–Crippen LogP) is 3.15. The fourth-order valence-corrected chi connectivity index (χ4v) is 2.00. The van der Waals surface area contributed by atoms with Crippen LogP contribution in [0, 0.1) is 0 Å². The van der Waals surface area contributed by atoms with Crippen molar-refractivity contribution in [3.8, 4) is 0 Å². The molecule has 4 nitrogen and oxygen atoms in total. The van der Waals surface area contributed by atoms with Crippen LogP contribution < -0.4 is 10.8 Å². The van der Waals surface area contributed by atoms with Gasteiger partial charge in [-0.2, -0.15) is 0 Å². The van der Waals surface area contributed by atoms with Crippen LogP contribution in [0.5, 0.6) is 0 Å². The topological polar surface area (TPSA) is 50.4 Å². The summed E-state index contributed by atoms with van der Waals surface area (Å²) in [5.41, 5.74) is 4.23. The number of carbonyl (C=O) groups is 1. The molecule has 0 bridgehead atoms. The minimum absolute atomic E-state index is 0.00274. The maximum Gasteiger partial charge on any atom is 0.224 e. The Labute approximate surface area is 128 Å². The number of carbonyl (C=O) groups excluding carboxylic acids is 1. The number of hydrogen-bond donors (Lipinski definition) is 2. The highest BCUT2D eigenvalue weighted by Gasteiger charge is 2.22. The van der Waals surface area contributed by atoms with Crippen molar-refractivity contribution in [3.05, 3.63) is 39.9 Å². The molecule has 2 rings (SSSR count). The van der Waals surface area contributed by atoms with Crippen LogP contribution in [0.3, 0.4) is 0 Å². The van der Waals surface area contributed by atoms with Gasteiger partial charge >= 0.3 is 0 Å². The Balaban J connectivity index is 2.07. The van der Waals surface area contributed by atoms with E-state index in [9.17, 15) is 4.79 Å². The molecule has 108 valence electrons. The first-order chi connectivity index (χ1) is 9.60. The van der Waals surface area contributed by atoms with Gasteiger partial charge in [0.25, 0.3) is 0 Å². The van der Waals surface area contributed by atoms with E-state index < -0.39 is 0 Å². The van der Waals surface area contributed by atoms with E-state index in [-0.39, 0.29) is 12.3 Å². The van der Waals surface area contributed by atoms with Gasteiger partial charge in [-0.15, -0.1) is 0 Å². The average molecular weight is 315 g/mol. The maximum atomic E-state index is 11.7. The number of benzene rings is 1. The predicted molar refractivity (Wildman–Crippen MR) is 80.4 cm³/mol. The van der Waals surface area contributed by atoms with Crippen LogP contribution in [0.15, 0.2) is 24.3 Å². The first-order valence-corrected chi connectivity index (χ1v) is 7.09. The van der Waals surface area contributed by atoms with E-state index in [1.165, 1.54) is 7.11 Å². The van der Waals surface area contributed by atoms with Gasteiger partial charge in [0.05, 0.1) is 22.9 Å². The van der Waals surface area contributed by atoms with Crippen molar-refractivity contribution in [2.24, 2.45) is 0 Å². The Morgan fingerprint density at radius 2 is 2.15 bits per heavy atom. The van der Waals surface area contributed by atoms with Crippen molar-refractivity contribution in [2.45, 2.75) is 25.3 Å². The molecule has 0 atom stereocenters. The molecule has 0 saturated heterocycles. The van der Waals surface area contributed by atoms with Gasteiger partial charge in [-0.25, -0.2) is 0 Å². The molecule has 1 aliphatic carbocycles. The molecule has 1 aromatic rings. The third kappa shape index (κ3) is 4.40. The second kappa shape index (κ2) is 6.97. The normalized spacial score (nSPS) is 15.1. The molecule has 0 unspecified atom stereocenters. The summed E-state index contributed by atoms with van der Waals surface area (Å²) in [7, 11) is 1.51. The van der Waals surface area contributed by atoms with E-state index in [0.717, 1.165) is 18.4 Å². The van der Waals surface area contributed by atoms with Crippen molar-refractivity contribution in [1.82, 2.24) is 10.8 Å². The second-order valence-electron chi connectivity index (χ2n) is 4.60. The molecular weight excluding hydrogens is 299 g/mol. The van der Waals surface area contributed by atoms with Crippen LogP contribution in [0.1, 0.15) is 24.8 Å². The largest absolute Gasteiger partial charge is 0.353 e. The number of hydrogen-bond acceptors (Lipinski definition) is 3. The molecule has 1 amide bonds. The van der Waals surface area contributed by atoms with Gasteiger partial charge in [-0.05, 0) is 31.1 Å². The monoisotopic (exact) mass is 314 g/mol. The lowest BCUT2D eigenvalue weighted by Gasteiger charge is -2.10. The van der Waals surface area contributed by atoms with Gasteiger partial charge in [0.2, 0.25) is 5.91 Å². The van der Waals surface area contributed by atoms with E-state index in [2.05, 4.69) is 10.8 Å². The number of rotatable bonds is 6. The molecule has 1 saturated carbocycles. The van der Waals surface area contributed by atoms with E-state index in [0.29, 0.717) is 21.8 Å². The fraction of sp³-hybridized carbons (Fsp3) is 0.357. The molecule has 0 radical (unpaired) electrons. The lowest BCUT2D eigenvalue weighted by molar-refractivity contribution is -0.120. The van der Waals surface area contributed by atoms with Crippen molar-refractivity contribution in [3.63, 3.8) is 0 Å². The molecule has 6 heteroatoms. The van der Waals surface area contributed by atoms with Gasteiger partial charge in [-0.3, -0.25) is 15.1 Å². The molecule has 0 spiro atoms. The minimum atomic E-state index is 0.00274. The van der Waals surface area contributed by atoms with Crippen molar-refractivity contribution in [2.75, 3.05) is 7.11 Å². The van der Waals surface area contributed by atoms with Gasteiger partial charge in [0.1, 0.15) is 0 Å². The summed E-state index contributed by atoms with van der Waals surface area (Å²) >= 11 is 11.9. The summed E-state index contributed by atoms with van der Waals surface area (Å²) in [6.07, 6.45) is 4.19. The number of halogens is 2. The van der Waals surface area contributed by atoms with E-state index >= 15 is 0 Å². The Hall–Kier alpha value is -1.23. The Morgan fingerprint density at radius 1 is 1.40 bits per heavy atom. The lowest BCUT2D eigenvalue weighted by Crippen LogP contribution is -2.24. The Kier molecular flexibility index (Phi) is 5.29. The smallest absolute Gasteiger partial charge is 0.224 e. The first-order valence-electron chi connectivity index (χ1n) is 6.34. The van der Waals surface area contributed by atoms with E-state index in [1.54, 1.807) is 18.2 Å². The van der Waals surface area contributed by atoms with E-state index in [4.69, 9.17) is 28.0 Å². The summed E-state index contributed by atoms with van der Waals surface area (Å²) in [6, 6.07) is 5.60. The Morgan fingerprint density at radius 3 is 2.75 bits per heavy atom. The third-order valence-corrected chi connectivity index (χ3v) is 3.62. The zero-order valence-corrected chi connectivity index (χ0v) is 12.6. The zero-order chi connectivity index (χ0) is 14.5. The molecule has 1 fully saturated rings. The standard InChI is InChI=1S/C14H16Cl2N2O2/c1-20-18-13(6-7-14(19)17-10-3-4-10)9-2-5-11(15)12(16)8-9/h2,5-6,8,10,18H,3-4,7H2,1H3,(H,17,19). The van der Waals surface area contributed by atoms with Crippen LogP contribution in [0.25, 0.3) is 5.70 Å². The molecular formula is C14H16Cl2N2O2. The van der Waals surface area contributed by atoms with Gasteiger partial charge < -0.3 is 5.32 Å². The highest BCUT2D eigenvalue weighted by molar-refractivity contribution is 6.42. The van der Waals surface area contributed by atoms with Gasteiger partial charge in [0.15, 0.2) is 0 Å². The van der Waals surface area contributed by atoms with Crippen LogP contribution in [0.2, 0.25) is 10.0 Å². The van der Waals surface area contributed by atoms with E-state index in [1.807, 2.05) is 6.07 Å². The molecule has 0 aliphatic heterocycles. The van der Waals surface area contributed by atoms with Crippen molar-refractivity contribution < 1.29 is 9.63 Å². The molecule has 0 aromatic heterocycles. The quantitative estimate of drug-likeness (QED) is 0.793. The zero-order valence-electron chi connectivity index (χ0n) is 11.1. The van der Waals surface area contributed by atoms with Crippen LogP contribution in [0.4, 0.5) is 0 Å². The summed E-state index contributed by atoms with van der Waals surface area (Å²) < 4.78 is 0. The van der Waals surface area contributed by atoms with Gasteiger partial charge in [0, 0.05) is 18.0 Å². The molecule has 1 aromatic carbocycles. The summed E-state index contributed by atoms with van der Waals surface area (Å²) in [5, 5.41) is 3.86. The van der Waals surface area contributed by atoms with Crippen LogP contribution in [-0.2, 0) is 9.63 Å². The average Bonchev–Trinajstić information content (AvgIpc) is 3.22. The van der Waals surface area contributed by atoms with Crippen molar-refractivity contribution in [1.29, 1.82) is 0 Å². The maximum absolute atomic E-state index is 11.7. The molecule has 2 N–H and O–H groups in total. The number of nitrogens with one attached hydrogen (secondary N) is 2. The van der Waals surface area contributed by atoms with Crippen molar-refractivity contribution >= 4 is 34.8 Å². The van der Waals surface area contributed by atoms with Crippen LogP contribution in [-0.4, -0.2) is 19.1 Å². The molecule has 0 heterocycles. The minimum Gasteiger partial charge on any atom is -0.353 e. The number of hydroxylamine groups is 1. The highest BCUT2D eigenvalue weighted by Crippen LogP contribution is 2.25. The first kappa shape index (κ1) is 15.2. The third-order valence-electron chi connectivity index (χ3n) is 2.88. The molecule has 20 heavy (non-hydrogen) atoms. The summed E-state index contributed by atoms with van der Waals surface area (Å²) in [6.45, 7) is 0. The second-order valence-corrected chi connectivity index (χ2v) is 5.41. The number of amides is 1. The fourth-order valence-electron chi connectivity index (χ4n) is 1.70.